The summed E-state index contributed by atoms with van der Waals surface area (Å²) < 4.78 is 4.82. The number of rotatable bonds is 5. The molecule has 0 aliphatic rings. The number of nitrogens with zero attached hydrogens (tertiary/aromatic N) is 1. The van der Waals surface area contributed by atoms with Gasteiger partial charge in [0.2, 0.25) is 0 Å². The van der Waals surface area contributed by atoms with Gasteiger partial charge in [-0.2, -0.15) is 0 Å². The lowest BCUT2D eigenvalue weighted by atomic mass is 10.1. The molecule has 0 radical (unpaired) electrons. The molecule has 0 aromatic carbocycles. The van der Waals surface area contributed by atoms with Crippen molar-refractivity contribution in [1.29, 1.82) is 0 Å². The number of halogens is 1. The molecule has 1 aromatic heterocycles. The highest BCUT2D eigenvalue weighted by atomic mass is 79.9. The molecule has 0 aliphatic heterocycles. The van der Waals surface area contributed by atoms with Gasteiger partial charge in [-0.1, -0.05) is 28.0 Å². The fourth-order valence-electron chi connectivity index (χ4n) is 1.12. The summed E-state index contributed by atoms with van der Waals surface area (Å²) in [4.78, 5) is 11.5. The summed E-state index contributed by atoms with van der Waals surface area (Å²) in [5, 5.41) is 7.41. The second-order valence-electron chi connectivity index (χ2n) is 3.62. The molecule has 84 valence electrons. The summed E-state index contributed by atoms with van der Waals surface area (Å²) in [7, 11) is 0. The van der Waals surface area contributed by atoms with Crippen LogP contribution in [0.2, 0.25) is 0 Å². The van der Waals surface area contributed by atoms with Crippen LogP contribution in [0.3, 0.4) is 0 Å². The Morgan fingerprint density at radius 1 is 1.73 bits per heavy atom. The molecule has 0 spiro atoms. The van der Waals surface area contributed by atoms with Crippen molar-refractivity contribution in [2.24, 2.45) is 5.92 Å². The maximum atomic E-state index is 11.5. The van der Waals surface area contributed by atoms with E-state index in [0.717, 1.165) is 11.8 Å². The van der Waals surface area contributed by atoms with E-state index in [9.17, 15) is 4.79 Å². The van der Waals surface area contributed by atoms with Crippen molar-refractivity contribution in [2.45, 2.75) is 20.3 Å². The molecule has 0 saturated heterocycles. The van der Waals surface area contributed by atoms with Crippen LogP contribution in [0.1, 0.15) is 29.6 Å². The van der Waals surface area contributed by atoms with Crippen molar-refractivity contribution in [3.63, 3.8) is 0 Å². The molecule has 4 nitrogen and oxygen atoms in total. The average molecular weight is 275 g/mol. The van der Waals surface area contributed by atoms with Crippen molar-refractivity contribution in [3.05, 3.63) is 17.5 Å². The fourth-order valence-corrected chi connectivity index (χ4v) is 1.90. The molecule has 1 N–H and O–H groups in total. The molecular formula is C10H15BrN2O2. The first-order valence-electron chi connectivity index (χ1n) is 4.91. The largest absolute Gasteiger partial charge is 0.361 e. The van der Waals surface area contributed by atoms with Gasteiger partial charge >= 0.3 is 0 Å². The first-order valence-corrected chi connectivity index (χ1v) is 6.03. The molecule has 5 heteroatoms. The Bertz CT molecular complexity index is 325. The third-order valence-corrected chi connectivity index (χ3v) is 2.53. The van der Waals surface area contributed by atoms with Crippen molar-refractivity contribution >= 4 is 21.8 Å². The van der Waals surface area contributed by atoms with Crippen LogP contribution in [0.5, 0.6) is 0 Å². The summed E-state index contributed by atoms with van der Waals surface area (Å²) in [6, 6.07) is 1.63. The number of carbonyl (C=O) groups excluding carboxylic acids is 1. The number of nitrogens with one attached hydrogen (secondary N) is 1. The van der Waals surface area contributed by atoms with E-state index in [4.69, 9.17) is 4.52 Å². The van der Waals surface area contributed by atoms with E-state index in [2.05, 4.69) is 33.3 Å². The number of alkyl halides is 1. The van der Waals surface area contributed by atoms with Crippen molar-refractivity contribution in [2.75, 3.05) is 11.9 Å². The second kappa shape index (κ2) is 5.90. The van der Waals surface area contributed by atoms with Gasteiger partial charge in [0.25, 0.3) is 5.91 Å². The van der Waals surface area contributed by atoms with Crippen LogP contribution < -0.4 is 5.32 Å². The highest BCUT2D eigenvalue weighted by molar-refractivity contribution is 9.09. The highest BCUT2D eigenvalue weighted by Gasteiger charge is 2.11. The monoisotopic (exact) mass is 274 g/mol. The van der Waals surface area contributed by atoms with Gasteiger partial charge in [0, 0.05) is 17.9 Å². The molecule has 1 rings (SSSR count). The molecule has 1 unspecified atom stereocenters. The zero-order valence-electron chi connectivity index (χ0n) is 8.92. The van der Waals surface area contributed by atoms with Gasteiger partial charge < -0.3 is 9.84 Å². The van der Waals surface area contributed by atoms with Crippen LogP contribution in [0.4, 0.5) is 0 Å². The molecule has 0 bridgehead atoms. The van der Waals surface area contributed by atoms with Crippen LogP contribution in [-0.2, 0) is 0 Å². The van der Waals surface area contributed by atoms with Crippen molar-refractivity contribution in [3.8, 4) is 0 Å². The fraction of sp³-hybridized carbons (Fsp3) is 0.600. The van der Waals surface area contributed by atoms with E-state index < -0.39 is 0 Å². The van der Waals surface area contributed by atoms with E-state index in [1.54, 1.807) is 13.0 Å². The number of amides is 1. The summed E-state index contributed by atoms with van der Waals surface area (Å²) >= 11 is 3.37. The van der Waals surface area contributed by atoms with Gasteiger partial charge in [-0.05, 0) is 19.3 Å². The lowest BCUT2D eigenvalue weighted by molar-refractivity contribution is 0.0939. The molecule has 1 heterocycles. The van der Waals surface area contributed by atoms with Crippen LogP contribution >= 0.6 is 15.9 Å². The van der Waals surface area contributed by atoms with Crippen LogP contribution in [-0.4, -0.2) is 22.9 Å². The van der Waals surface area contributed by atoms with Crippen LogP contribution in [0, 0.1) is 12.8 Å². The minimum atomic E-state index is -0.173. The molecule has 0 fully saturated rings. The Labute approximate surface area is 97.5 Å². The Kier molecular flexibility index (Phi) is 4.81. The Morgan fingerprint density at radius 3 is 3.00 bits per heavy atom. The SMILES string of the molecule is Cc1cc(C(=O)NCC(C)CCBr)no1. The predicted molar refractivity (Wildman–Crippen MR) is 61.1 cm³/mol. The minimum absolute atomic E-state index is 0.173. The first-order chi connectivity index (χ1) is 7.13. The zero-order chi connectivity index (χ0) is 11.3. The maximum Gasteiger partial charge on any atom is 0.273 e. The maximum absolute atomic E-state index is 11.5. The average Bonchev–Trinajstić information content (AvgIpc) is 2.62. The van der Waals surface area contributed by atoms with E-state index in [1.807, 2.05) is 0 Å². The second-order valence-corrected chi connectivity index (χ2v) is 4.41. The summed E-state index contributed by atoms with van der Waals surface area (Å²) in [5.41, 5.74) is 0.346. The Morgan fingerprint density at radius 2 is 2.47 bits per heavy atom. The molecular weight excluding hydrogens is 260 g/mol. The molecule has 0 aliphatic carbocycles. The molecule has 0 saturated carbocycles. The summed E-state index contributed by atoms with van der Waals surface area (Å²) in [6.07, 6.45) is 1.04. The van der Waals surface area contributed by atoms with E-state index >= 15 is 0 Å². The molecule has 1 aromatic rings. The van der Waals surface area contributed by atoms with E-state index in [0.29, 0.717) is 23.9 Å². The predicted octanol–water partition coefficient (Wildman–Crippen LogP) is 2.13. The summed E-state index contributed by atoms with van der Waals surface area (Å²) in [6.45, 7) is 4.52. The Balaban J connectivity index is 2.36. The lowest BCUT2D eigenvalue weighted by Gasteiger charge is -2.09. The van der Waals surface area contributed by atoms with E-state index in [-0.39, 0.29) is 5.91 Å². The number of hydrogen-bond donors (Lipinski definition) is 1. The number of carbonyl (C=O) groups is 1. The van der Waals surface area contributed by atoms with Gasteiger partial charge in [-0.25, -0.2) is 0 Å². The van der Waals surface area contributed by atoms with Gasteiger partial charge in [0.05, 0.1) is 0 Å². The minimum Gasteiger partial charge on any atom is -0.361 e. The zero-order valence-corrected chi connectivity index (χ0v) is 10.5. The van der Waals surface area contributed by atoms with Gasteiger partial charge in [0.1, 0.15) is 5.76 Å². The highest BCUT2D eigenvalue weighted by Crippen LogP contribution is 2.04. The number of hydrogen-bond acceptors (Lipinski definition) is 3. The lowest BCUT2D eigenvalue weighted by Crippen LogP contribution is -2.28. The topological polar surface area (TPSA) is 55.1 Å². The van der Waals surface area contributed by atoms with Crippen molar-refractivity contribution in [1.82, 2.24) is 10.5 Å². The third-order valence-electron chi connectivity index (χ3n) is 2.07. The van der Waals surface area contributed by atoms with E-state index in [1.165, 1.54) is 0 Å². The molecule has 1 amide bonds. The normalized spacial score (nSPS) is 12.5. The third kappa shape index (κ3) is 4.03. The van der Waals surface area contributed by atoms with Crippen LogP contribution in [0.25, 0.3) is 0 Å². The quantitative estimate of drug-likeness (QED) is 0.837. The standard InChI is InChI=1S/C10H15BrN2O2/c1-7(3-4-11)6-12-10(14)9-5-8(2)15-13-9/h5,7H,3-4,6H2,1-2H3,(H,12,14). The molecule has 15 heavy (non-hydrogen) atoms. The van der Waals surface area contributed by atoms with Crippen LogP contribution in [0.15, 0.2) is 10.6 Å². The van der Waals surface area contributed by atoms with Gasteiger partial charge in [-0.3, -0.25) is 4.79 Å². The smallest absolute Gasteiger partial charge is 0.273 e. The Hall–Kier alpha value is -0.840. The van der Waals surface area contributed by atoms with Crippen molar-refractivity contribution < 1.29 is 9.32 Å². The number of aromatic nitrogens is 1. The first kappa shape index (κ1) is 12.2. The van der Waals surface area contributed by atoms with Gasteiger partial charge in [-0.15, -0.1) is 0 Å². The summed E-state index contributed by atoms with van der Waals surface area (Å²) in [5.74, 6) is 0.934. The molecule has 1 atom stereocenters. The number of aryl methyl sites for hydroxylation is 1. The van der Waals surface area contributed by atoms with Gasteiger partial charge in [0.15, 0.2) is 5.69 Å².